The number of esters is 1. The minimum atomic E-state index is -2.06. The van der Waals surface area contributed by atoms with Crippen LogP contribution in [0.4, 0.5) is 0 Å². The van der Waals surface area contributed by atoms with E-state index in [9.17, 15) is 9.90 Å². The highest BCUT2D eigenvalue weighted by atomic mass is 28.4. The lowest BCUT2D eigenvalue weighted by atomic mass is 9.87. The molecule has 2 saturated carbocycles. The van der Waals surface area contributed by atoms with Crippen LogP contribution in [-0.2, 0) is 36.1 Å². The van der Waals surface area contributed by atoms with Gasteiger partial charge in [-0.3, -0.25) is 0 Å². The second kappa shape index (κ2) is 22.6. The lowest BCUT2D eigenvalue weighted by molar-refractivity contribution is -0.135. The normalized spacial score (nSPS) is 23.9. The van der Waals surface area contributed by atoms with Gasteiger partial charge in [-0.15, -0.1) is 0 Å². The minimum absolute atomic E-state index is 0. The van der Waals surface area contributed by atoms with E-state index >= 15 is 0 Å². The summed E-state index contributed by atoms with van der Waals surface area (Å²) in [6.07, 6.45) is 6.04. The summed E-state index contributed by atoms with van der Waals surface area (Å²) in [7, 11) is -10.4. The molecule has 0 amide bonds. The lowest BCUT2D eigenvalue weighted by Gasteiger charge is -2.49. The van der Waals surface area contributed by atoms with E-state index in [1.54, 1.807) is 6.08 Å². The molecule has 0 aromatic carbocycles. The summed E-state index contributed by atoms with van der Waals surface area (Å²) in [5.74, 6) is -0.318. The van der Waals surface area contributed by atoms with Gasteiger partial charge in [-0.25, -0.2) is 4.79 Å². The average molecular weight is 994 g/mol. The number of rotatable bonds is 14. The molecule has 2 rings (SSSR count). The standard InChI is InChI=1S/C24H50O5Si3.C23H50O4Si3.CH4/c1-23(2,3)31(11,12)27-19-15-18(17-21(25)26-7)16-20(22(19)29-30(8,9)10)28-32(13,14)24(4,5)6;1-22(2,3)29(10,11)25-19-16-18(14-15-24)17-20(21(19)27-28(7,8)9)26-30(12,13)23(4,5)6;/h17,19-20,22H,15-16H2,1-14H3;14,19-21,24H,15-17H2,1-13H3;1H4. The van der Waals surface area contributed by atoms with Gasteiger partial charge in [0.05, 0.1) is 50.3 Å². The summed E-state index contributed by atoms with van der Waals surface area (Å²) in [5.41, 5.74) is 2.26. The molecule has 0 radical (unpaired) electrons. The van der Waals surface area contributed by atoms with Crippen molar-refractivity contribution in [3.63, 3.8) is 0 Å². The first kappa shape index (κ1) is 63.0. The van der Waals surface area contributed by atoms with Crippen molar-refractivity contribution in [2.75, 3.05) is 13.7 Å². The minimum Gasteiger partial charge on any atom is -0.466 e. The predicted molar refractivity (Wildman–Crippen MR) is 285 cm³/mol. The largest absolute Gasteiger partial charge is 0.466 e. The molecule has 374 valence electrons. The number of hydrogen-bond acceptors (Lipinski definition) is 9. The molecule has 4 unspecified atom stereocenters. The first-order valence-corrected chi connectivity index (χ1v) is 41.9. The van der Waals surface area contributed by atoms with E-state index < -0.39 is 49.9 Å². The lowest BCUT2D eigenvalue weighted by Crippen LogP contribution is -2.58. The van der Waals surface area contributed by atoms with Gasteiger partial charge in [-0.2, -0.15) is 0 Å². The highest BCUT2D eigenvalue weighted by Crippen LogP contribution is 2.46. The van der Waals surface area contributed by atoms with Crippen LogP contribution in [0, 0.1) is 0 Å². The molecule has 15 heteroatoms. The van der Waals surface area contributed by atoms with E-state index in [-0.39, 0.29) is 76.8 Å². The summed E-state index contributed by atoms with van der Waals surface area (Å²) >= 11 is 0. The Bertz CT molecular complexity index is 1420. The van der Waals surface area contributed by atoms with Gasteiger partial charge < -0.3 is 36.4 Å². The number of aliphatic hydroxyl groups is 1. The fourth-order valence-corrected chi connectivity index (χ4v) is 14.1. The summed E-state index contributed by atoms with van der Waals surface area (Å²) < 4.78 is 46.3. The zero-order chi connectivity index (χ0) is 49.1. The molecule has 0 spiro atoms. The SMILES string of the molecule is C.CC(C)(C)[Si](C)(C)OC1CC(=CCO)CC(O[Si](C)(C)C(C)(C)C)C1O[Si](C)(C)C.COC(=O)C=C1CC(O[Si](C)(C)C(C)(C)C)C(O[Si](C)(C)C)C(O[Si](C)(C)C(C)(C)C)C1. The van der Waals surface area contributed by atoms with Crippen LogP contribution in [0.15, 0.2) is 23.3 Å². The Hall–Kier alpha value is -0.0287. The Kier molecular flexibility index (Phi) is 22.6. The first-order chi connectivity index (χ1) is 27.3. The van der Waals surface area contributed by atoms with Crippen LogP contribution in [0.3, 0.4) is 0 Å². The van der Waals surface area contributed by atoms with Gasteiger partial charge in [0.1, 0.15) is 0 Å². The molecule has 0 heterocycles. The molecule has 0 bridgehead atoms. The maximum atomic E-state index is 12.1. The number of carbonyl (C=O) groups is 1. The van der Waals surface area contributed by atoms with E-state index in [0.29, 0.717) is 12.8 Å². The molecule has 0 aliphatic heterocycles. The van der Waals surface area contributed by atoms with Crippen LogP contribution in [0.25, 0.3) is 0 Å². The Balaban J connectivity index is 0.00000120. The molecule has 2 fully saturated rings. The fraction of sp³-hybridized carbons (Fsp3) is 0.896. The predicted octanol–water partition coefficient (Wildman–Crippen LogP) is 14.2. The van der Waals surface area contributed by atoms with Gasteiger partial charge in [0.2, 0.25) is 0 Å². The molecule has 0 saturated heterocycles. The van der Waals surface area contributed by atoms with Crippen molar-refractivity contribution in [1.29, 1.82) is 0 Å². The van der Waals surface area contributed by atoms with Crippen LogP contribution in [0.1, 0.15) is 116 Å². The Labute approximate surface area is 396 Å². The van der Waals surface area contributed by atoms with Gasteiger partial charge in [0.25, 0.3) is 0 Å². The third-order valence-electron chi connectivity index (χ3n) is 14.2. The van der Waals surface area contributed by atoms with Crippen LogP contribution >= 0.6 is 0 Å². The van der Waals surface area contributed by atoms with E-state index in [2.05, 4.69) is 175 Å². The van der Waals surface area contributed by atoms with Crippen LogP contribution < -0.4 is 0 Å². The number of aliphatic hydroxyl groups excluding tert-OH is 1. The highest BCUT2D eigenvalue weighted by Gasteiger charge is 2.51. The van der Waals surface area contributed by atoms with E-state index in [1.807, 2.05) is 6.08 Å². The Morgan fingerprint density at radius 2 is 0.730 bits per heavy atom. The molecule has 1 N–H and O–H groups in total. The zero-order valence-electron chi connectivity index (χ0n) is 45.4. The maximum Gasteiger partial charge on any atom is 0.330 e. The van der Waals surface area contributed by atoms with Crippen molar-refractivity contribution in [2.45, 2.75) is 265 Å². The zero-order valence-corrected chi connectivity index (χ0v) is 51.4. The van der Waals surface area contributed by atoms with Gasteiger partial charge in [0.15, 0.2) is 49.9 Å². The Morgan fingerprint density at radius 3 is 0.921 bits per heavy atom. The van der Waals surface area contributed by atoms with Crippen LogP contribution in [0.5, 0.6) is 0 Å². The third kappa shape index (κ3) is 19.5. The molecular formula is C48H104O9Si6. The topological polar surface area (TPSA) is 102 Å². The molecule has 0 aromatic heterocycles. The van der Waals surface area contributed by atoms with Gasteiger partial charge >= 0.3 is 5.97 Å². The molecule has 9 nitrogen and oxygen atoms in total. The highest BCUT2D eigenvalue weighted by molar-refractivity contribution is 6.75. The molecule has 0 aromatic rings. The van der Waals surface area contributed by atoms with Crippen molar-refractivity contribution >= 4 is 55.9 Å². The molecular weight excluding hydrogens is 889 g/mol. The van der Waals surface area contributed by atoms with Gasteiger partial charge in [-0.05, 0) is 137 Å². The number of methoxy groups -OCH3 is 1. The van der Waals surface area contributed by atoms with Crippen LogP contribution in [-0.4, -0.2) is 111 Å². The second-order valence-electron chi connectivity index (χ2n) is 26.2. The van der Waals surface area contributed by atoms with Crippen molar-refractivity contribution in [3.05, 3.63) is 23.3 Å². The van der Waals surface area contributed by atoms with Crippen molar-refractivity contribution in [1.82, 2.24) is 0 Å². The number of hydrogen-bond donors (Lipinski definition) is 1. The van der Waals surface area contributed by atoms with Gasteiger partial charge in [-0.1, -0.05) is 108 Å². The first-order valence-electron chi connectivity index (χ1n) is 23.4. The molecule has 2 aliphatic carbocycles. The fourth-order valence-electron chi connectivity index (χ4n) is 6.56. The second-order valence-corrected chi connectivity index (χ2v) is 54.2. The monoisotopic (exact) mass is 993 g/mol. The number of ether oxygens (including phenoxy) is 1. The summed E-state index contributed by atoms with van der Waals surface area (Å²) in [6.45, 7) is 59.1. The molecule has 4 atom stereocenters. The summed E-state index contributed by atoms with van der Waals surface area (Å²) in [6, 6.07) is 0. The average Bonchev–Trinajstić information content (AvgIpc) is 3.01. The number of carbonyl (C=O) groups excluding carboxylic acids is 1. The van der Waals surface area contributed by atoms with Crippen molar-refractivity contribution in [2.24, 2.45) is 0 Å². The van der Waals surface area contributed by atoms with Crippen LogP contribution in [0.2, 0.25) is 112 Å². The molecule has 2 aliphatic rings. The van der Waals surface area contributed by atoms with Crippen molar-refractivity contribution < 1.29 is 41.2 Å². The van der Waals surface area contributed by atoms with Crippen molar-refractivity contribution in [3.8, 4) is 0 Å². The maximum absolute atomic E-state index is 12.1. The van der Waals surface area contributed by atoms with E-state index in [0.717, 1.165) is 18.4 Å². The third-order valence-corrected chi connectivity index (χ3v) is 34.2. The quantitative estimate of drug-likeness (QED) is 0.0789. The van der Waals surface area contributed by atoms with Gasteiger partial charge in [0, 0.05) is 6.08 Å². The summed E-state index contributed by atoms with van der Waals surface area (Å²) in [5, 5.41) is 10.0. The Morgan fingerprint density at radius 1 is 0.492 bits per heavy atom. The smallest absolute Gasteiger partial charge is 0.330 e. The summed E-state index contributed by atoms with van der Waals surface area (Å²) in [4.78, 5) is 12.1. The molecule has 63 heavy (non-hydrogen) atoms. The van der Waals surface area contributed by atoms with E-state index in [4.69, 9.17) is 31.3 Å². The van der Waals surface area contributed by atoms with E-state index in [1.165, 1.54) is 12.7 Å².